The number of rotatable bonds is 5. The standard InChI is InChI=1S/C17H22N2O3/c20-16-9-14(17(21)18-10-15-7-4-8-22-15)12-19(16)11-13-5-2-1-3-6-13/h1-3,5-6,14-15H,4,7-12H2,(H,18,21). The zero-order valence-corrected chi connectivity index (χ0v) is 12.7. The normalized spacial score (nSPS) is 24.7. The summed E-state index contributed by atoms with van der Waals surface area (Å²) in [7, 11) is 0. The molecular weight excluding hydrogens is 280 g/mol. The largest absolute Gasteiger partial charge is 0.376 e. The zero-order valence-electron chi connectivity index (χ0n) is 12.7. The first-order valence-corrected chi connectivity index (χ1v) is 7.93. The van der Waals surface area contributed by atoms with Crippen LogP contribution in [-0.2, 0) is 20.9 Å². The minimum absolute atomic E-state index is 0.0283. The quantitative estimate of drug-likeness (QED) is 0.893. The van der Waals surface area contributed by atoms with E-state index in [1.807, 2.05) is 30.3 Å². The fraction of sp³-hybridized carbons (Fsp3) is 0.529. The molecule has 2 aliphatic heterocycles. The third kappa shape index (κ3) is 3.65. The monoisotopic (exact) mass is 302 g/mol. The van der Waals surface area contributed by atoms with E-state index >= 15 is 0 Å². The van der Waals surface area contributed by atoms with Gasteiger partial charge in [0.05, 0.1) is 12.0 Å². The second-order valence-corrected chi connectivity index (χ2v) is 6.04. The van der Waals surface area contributed by atoms with Crippen molar-refractivity contribution < 1.29 is 14.3 Å². The van der Waals surface area contributed by atoms with Crippen LogP contribution in [0.4, 0.5) is 0 Å². The number of nitrogens with zero attached hydrogens (tertiary/aromatic N) is 1. The summed E-state index contributed by atoms with van der Waals surface area (Å²) >= 11 is 0. The number of carbonyl (C=O) groups is 2. The van der Waals surface area contributed by atoms with E-state index in [9.17, 15) is 9.59 Å². The van der Waals surface area contributed by atoms with Crippen LogP contribution >= 0.6 is 0 Å². The Morgan fingerprint density at radius 3 is 2.86 bits per heavy atom. The summed E-state index contributed by atoms with van der Waals surface area (Å²) in [6.45, 7) is 2.43. The maximum atomic E-state index is 12.2. The number of hydrogen-bond donors (Lipinski definition) is 1. The predicted molar refractivity (Wildman–Crippen MR) is 81.9 cm³/mol. The highest BCUT2D eigenvalue weighted by Gasteiger charge is 2.34. The second-order valence-electron chi connectivity index (χ2n) is 6.04. The van der Waals surface area contributed by atoms with Gasteiger partial charge in [0.1, 0.15) is 0 Å². The smallest absolute Gasteiger partial charge is 0.225 e. The van der Waals surface area contributed by atoms with Gasteiger partial charge in [-0.1, -0.05) is 30.3 Å². The van der Waals surface area contributed by atoms with Crippen LogP contribution in [0.1, 0.15) is 24.8 Å². The molecule has 0 spiro atoms. The molecule has 2 saturated heterocycles. The fourth-order valence-corrected chi connectivity index (χ4v) is 3.07. The van der Waals surface area contributed by atoms with E-state index < -0.39 is 0 Å². The molecule has 2 heterocycles. The number of nitrogens with one attached hydrogen (secondary N) is 1. The lowest BCUT2D eigenvalue weighted by Gasteiger charge is -2.17. The maximum absolute atomic E-state index is 12.2. The SMILES string of the molecule is O=C(NCC1CCCO1)C1CC(=O)N(Cc2ccccc2)C1. The van der Waals surface area contributed by atoms with Crippen LogP contribution in [0.3, 0.4) is 0 Å². The average molecular weight is 302 g/mol. The molecule has 0 saturated carbocycles. The minimum atomic E-state index is -0.238. The molecule has 5 nitrogen and oxygen atoms in total. The molecule has 1 aromatic carbocycles. The molecular formula is C17H22N2O3. The van der Waals surface area contributed by atoms with Crippen LogP contribution in [0.5, 0.6) is 0 Å². The Kier molecular flexibility index (Phi) is 4.73. The van der Waals surface area contributed by atoms with Gasteiger partial charge in [0.15, 0.2) is 0 Å². The summed E-state index contributed by atoms with van der Waals surface area (Å²) < 4.78 is 5.50. The van der Waals surface area contributed by atoms with Gasteiger partial charge < -0.3 is 15.0 Å². The number of amides is 2. The second kappa shape index (κ2) is 6.92. The molecule has 1 aromatic rings. The van der Waals surface area contributed by atoms with E-state index in [1.165, 1.54) is 0 Å². The molecule has 3 rings (SSSR count). The maximum Gasteiger partial charge on any atom is 0.225 e. The van der Waals surface area contributed by atoms with Gasteiger partial charge in [0.2, 0.25) is 11.8 Å². The van der Waals surface area contributed by atoms with Crippen molar-refractivity contribution in [3.05, 3.63) is 35.9 Å². The third-order valence-corrected chi connectivity index (χ3v) is 4.33. The van der Waals surface area contributed by atoms with Crippen molar-refractivity contribution in [1.82, 2.24) is 10.2 Å². The van der Waals surface area contributed by atoms with Crippen LogP contribution in [-0.4, -0.2) is 42.5 Å². The molecule has 2 amide bonds. The number of likely N-dealkylation sites (tertiary alicyclic amines) is 1. The Morgan fingerprint density at radius 1 is 1.32 bits per heavy atom. The Balaban J connectivity index is 1.49. The number of carbonyl (C=O) groups excluding carboxylic acids is 2. The predicted octanol–water partition coefficient (Wildman–Crippen LogP) is 1.33. The van der Waals surface area contributed by atoms with Gasteiger partial charge in [-0.2, -0.15) is 0 Å². The van der Waals surface area contributed by atoms with Crippen molar-refractivity contribution in [2.24, 2.45) is 5.92 Å². The highest BCUT2D eigenvalue weighted by Crippen LogP contribution is 2.20. The average Bonchev–Trinajstić information content (AvgIpc) is 3.16. The molecule has 2 atom stereocenters. The first-order valence-electron chi connectivity index (χ1n) is 7.93. The molecule has 22 heavy (non-hydrogen) atoms. The van der Waals surface area contributed by atoms with E-state index in [2.05, 4.69) is 5.32 Å². The summed E-state index contributed by atoms with van der Waals surface area (Å²) in [6.07, 6.45) is 2.52. The van der Waals surface area contributed by atoms with E-state index in [1.54, 1.807) is 4.90 Å². The molecule has 5 heteroatoms. The molecule has 0 radical (unpaired) electrons. The summed E-state index contributed by atoms with van der Waals surface area (Å²) in [4.78, 5) is 26.0. The summed E-state index contributed by atoms with van der Waals surface area (Å²) in [6, 6.07) is 9.87. The lowest BCUT2D eigenvalue weighted by molar-refractivity contribution is -0.129. The Hall–Kier alpha value is -1.88. The van der Waals surface area contributed by atoms with Gasteiger partial charge in [-0.3, -0.25) is 9.59 Å². The Bertz CT molecular complexity index is 526. The van der Waals surface area contributed by atoms with Crippen molar-refractivity contribution in [3.63, 3.8) is 0 Å². The van der Waals surface area contributed by atoms with Crippen LogP contribution in [0.2, 0.25) is 0 Å². The molecule has 118 valence electrons. The minimum Gasteiger partial charge on any atom is -0.376 e. The lowest BCUT2D eigenvalue weighted by Crippen LogP contribution is -2.37. The molecule has 2 unspecified atom stereocenters. The van der Waals surface area contributed by atoms with Crippen LogP contribution in [0.25, 0.3) is 0 Å². The number of ether oxygens (including phenoxy) is 1. The summed E-state index contributed by atoms with van der Waals surface area (Å²) in [5.41, 5.74) is 1.09. The third-order valence-electron chi connectivity index (χ3n) is 4.33. The van der Waals surface area contributed by atoms with Crippen molar-refractivity contribution in [3.8, 4) is 0 Å². The summed E-state index contributed by atoms with van der Waals surface area (Å²) in [5, 5.41) is 2.93. The first kappa shape index (κ1) is 15.0. The van der Waals surface area contributed by atoms with E-state index in [0.717, 1.165) is 25.0 Å². The number of hydrogen-bond acceptors (Lipinski definition) is 3. The highest BCUT2D eigenvalue weighted by molar-refractivity contribution is 5.89. The van der Waals surface area contributed by atoms with Crippen molar-refractivity contribution in [2.75, 3.05) is 19.7 Å². The van der Waals surface area contributed by atoms with Gasteiger partial charge in [-0.15, -0.1) is 0 Å². The van der Waals surface area contributed by atoms with Gasteiger partial charge in [0, 0.05) is 32.7 Å². The van der Waals surface area contributed by atoms with Crippen LogP contribution < -0.4 is 5.32 Å². The molecule has 0 aliphatic carbocycles. The van der Waals surface area contributed by atoms with Crippen molar-refractivity contribution in [2.45, 2.75) is 31.9 Å². The highest BCUT2D eigenvalue weighted by atomic mass is 16.5. The van der Waals surface area contributed by atoms with Gasteiger partial charge in [-0.25, -0.2) is 0 Å². The first-order chi connectivity index (χ1) is 10.7. The van der Waals surface area contributed by atoms with Gasteiger partial charge in [0.25, 0.3) is 0 Å². The van der Waals surface area contributed by atoms with Crippen molar-refractivity contribution in [1.29, 1.82) is 0 Å². The summed E-state index contributed by atoms with van der Waals surface area (Å²) in [5.74, 6) is -0.210. The molecule has 2 aliphatic rings. The number of benzene rings is 1. The van der Waals surface area contributed by atoms with Crippen molar-refractivity contribution >= 4 is 11.8 Å². The van der Waals surface area contributed by atoms with E-state index in [4.69, 9.17) is 4.74 Å². The lowest BCUT2D eigenvalue weighted by atomic mass is 10.1. The van der Waals surface area contributed by atoms with Crippen LogP contribution in [0.15, 0.2) is 30.3 Å². The van der Waals surface area contributed by atoms with E-state index in [-0.39, 0.29) is 23.8 Å². The topological polar surface area (TPSA) is 58.6 Å². The van der Waals surface area contributed by atoms with E-state index in [0.29, 0.717) is 26.1 Å². The Labute approximate surface area is 130 Å². The fourth-order valence-electron chi connectivity index (χ4n) is 3.07. The molecule has 2 fully saturated rings. The molecule has 1 N–H and O–H groups in total. The Morgan fingerprint density at radius 2 is 2.14 bits per heavy atom. The molecule has 0 bridgehead atoms. The zero-order chi connectivity index (χ0) is 15.4. The van der Waals surface area contributed by atoms with Crippen LogP contribution in [0, 0.1) is 5.92 Å². The van der Waals surface area contributed by atoms with Gasteiger partial charge >= 0.3 is 0 Å². The van der Waals surface area contributed by atoms with Gasteiger partial charge in [-0.05, 0) is 18.4 Å². The molecule has 0 aromatic heterocycles.